The number of allylic oxidation sites excluding steroid dienone is 2. The average Bonchev–Trinajstić information content (AvgIpc) is 3.54. The Kier molecular flexibility index (Phi) is 8.34. The molecule has 0 saturated heterocycles. The first-order valence-corrected chi connectivity index (χ1v) is 13.6. The van der Waals surface area contributed by atoms with Gasteiger partial charge in [-0.1, -0.05) is 32.1 Å². The fourth-order valence-electron chi connectivity index (χ4n) is 5.43. The number of aliphatic carboxylic acids is 1. The number of ether oxygens (including phenoxy) is 1. The SMILES string of the molecule is CC1(C)CCC=C1c1c(COc2cccc([C@H](CC(=O)O)C3CC3)c2)csc1-c1cc(C#N)ccc1F.S. The molecule has 1 aromatic heterocycles. The predicted octanol–water partition coefficient (Wildman–Crippen LogP) is 8.29. The van der Waals surface area contributed by atoms with E-state index in [0.717, 1.165) is 47.3 Å². The Morgan fingerprint density at radius 3 is 2.71 bits per heavy atom. The van der Waals surface area contributed by atoms with Gasteiger partial charge in [-0.15, -0.1) is 11.3 Å². The summed E-state index contributed by atoms with van der Waals surface area (Å²) in [6.07, 6.45) is 6.49. The number of carboxylic acid groups (broad SMARTS) is 1. The highest BCUT2D eigenvalue weighted by Crippen LogP contribution is 2.50. The van der Waals surface area contributed by atoms with Crippen LogP contribution >= 0.6 is 24.8 Å². The molecule has 2 aromatic carbocycles. The first-order chi connectivity index (χ1) is 17.8. The van der Waals surface area contributed by atoms with Crippen molar-refractivity contribution in [3.05, 3.63) is 82.0 Å². The summed E-state index contributed by atoms with van der Waals surface area (Å²) in [5.41, 5.74) is 4.99. The van der Waals surface area contributed by atoms with E-state index in [9.17, 15) is 19.6 Å². The van der Waals surface area contributed by atoms with Crippen molar-refractivity contribution < 1.29 is 19.0 Å². The lowest BCUT2D eigenvalue weighted by molar-refractivity contribution is -0.137. The molecule has 198 valence electrons. The Labute approximate surface area is 234 Å². The molecule has 0 aliphatic heterocycles. The van der Waals surface area contributed by atoms with E-state index in [1.54, 1.807) is 6.07 Å². The van der Waals surface area contributed by atoms with Gasteiger partial charge in [0, 0.05) is 21.6 Å². The van der Waals surface area contributed by atoms with Crippen LogP contribution in [0.2, 0.25) is 0 Å². The Balaban J connectivity index is 0.00000336. The molecule has 1 heterocycles. The molecular weight excluding hydrogens is 517 g/mol. The summed E-state index contributed by atoms with van der Waals surface area (Å²) in [5.74, 6) is 0.00350. The Morgan fingerprint density at radius 2 is 2.05 bits per heavy atom. The van der Waals surface area contributed by atoms with Gasteiger partial charge >= 0.3 is 5.97 Å². The van der Waals surface area contributed by atoms with Crippen LogP contribution in [0.25, 0.3) is 16.0 Å². The van der Waals surface area contributed by atoms with Crippen LogP contribution in [0, 0.1) is 28.5 Å². The second kappa shape index (κ2) is 11.3. The van der Waals surface area contributed by atoms with E-state index in [1.165, 1.54) is 29.0 Å². The van der Waals surface area contributed by atoms with Crippen LogP contribution in [0.15, 0.2) is 53.9 Å². The number of hydrogen-bond donors (Lipinski definition) is 1. The van der Waals surface area contributed by atoms with Crippen LogP contribution in [-0.2, 0) is 11.4 Å². The number of carboxylic acids is 1. The van der Waals surface area contributed by atoms with Gasteiger partial charge in [0.05, 0.1) is 18.1 Å². The smallest absolute Gasteiger partial charge is 0.303 e. The molecule has 7 heteroatoms. The van der Waals surface area contributed by atoms with E-state index in [1.807, 2.05) is 29.6 Å². The summed E-state index contributed by atoms with van der Waals surface area (Å²) in [6, 6.07) is 14.4. The minimum Gasteiger partial charge on any atom is -0.489 e. The minimum atomic E-state index is -0.779. The van der Waals surface area contributed by atoms with Gasteiger partial charge in [-0.05, 0) is 89.8 Å². The van der Waals surface area contributed by atoms with Gasteiger partial charge in [0.1, 0.15) is 18.2 Å². The summed E-state index contributed by atoms with van der Waals surface area (Å²) >= 11 is 1.48. The third kappa shape index (κ3) is 5.82. The van der Waals surface area contributed by atoms with Crippen LogP contribution in [0.1, 0.15) is 74.1 Å². The summed E-state index contributed by atoms with van der Waals surface area (Å²) in [4.78, 5) is 12.2. The Bertz CT molecular complexity index is 1410. The van der Waals surface area contributed by atoms with Crippen molar-refractivity contribution in [1.82, 2.24) is 0 Å². The number of halogens is 1. The number of thiophene rings is 1. The summed E-state index contributed by atoms with van der Waals surface area (Å²) in [6.45, 7) is 4.74. The molecule has 1 N–H and O–H groups in total. The maximum absolute atomic E-state index is 15.0. The summed E-state index contributed by atoms with van der Waals surface area (Å²) in [7, 11) is 0. The highest BCUT2D eigenvalue weighted by atomic mass is 32.1. The average molecular weight is 550 g/mol. The molecule has 3 aromatic rings. The van der Waals surface area contributed by atoms with E-state index in [4.69, 9.17) is 4.74 Å². The summed E-state index contributed by atoms with van der Waals surface area (Å²) in [5, 5.41) is 20.8. The molecule has 0 spiro atoms. The fraction of sp³-hybridized carbons (Fsp3) is 0.355. The van der Waals surface area contributed by atoms with E-state index >= 15 is 0 Å². The number of hydrogen-bond acceptors (Lipinski definition) is 4. The third-order valence-electron chi connectivity index (χ3n) is 7.59. The second-order valence-electron chi connectivity index (χ2n) is 10.7. The van der Waals surface area contributed by atoms with E-state index in [-0.39, 0.29) is 37.1 Å². The molecule has 4 nitrogen and oxygen atoms in total. The van der Waals surface area contributed by atoms with Gasteiger partial charge < -0.3 is 9.84 Å². The van der Waals surface area contributed by atoms with Crippen LogP contribution in [0.3, 0.4) is 0 Å². The number of carbonyl (C=O) groups is 1. The van der Waals surface area contributed by atoms with Gasteiger partial charge in [-0.25, -0.2) is 4.39 Å². The fourth-order valence-corrected chi connectivity index (χ4v) is 6.52. The van der Waals surface area contributed by atoms with Gasteiger partial charge in [0.25, 0.3) is 0 Å². The molecule has 1 fully saturated rings. The van der Waals surface area contributed by atoms with E-state index < -0.39 is 5.97 Å². The predicted molar refractivity (Wildman–Crippen MR) is 154 cm³/mol. The minimum absolute atomic E-state index is 0. The van der Waals surface area contributed by atoms with Crippen molar-refractivity contribution in [2.45, 2.75) is 58.5 Å². The number of nitrogens with zero attached hydrogens (tertiary/aromatic N) is 1. The van der Waals surface area contributed by atoms with Crippen molar-refractivity contribution in [3.8, 4) is 22.3 Å². The zero-order valence-electron chi connectivity index (χ0n) is 21.6. The van der Waals surface area contributed by atoms with Crippen molar-refractivity contribution in [2.24, 2.45) is 11.3 Å². The molecular formula is C31H32FNO3S2. The van der Waals surface area contributed by atoms with E-state index in [0.29, 0.717) is 29.4 Å². The molecule has 0 radical (unpaired) electrons. The molecule has 1 atom stereocenters. The lowest BCUT2D eigenvalue weighted by Gasteiger charge is -2.24. The lowest BCUT2D eigenvalue weighted by Crippen LogP contribution is -2.11. The molecule has 0 unspecified atom stereocenters. The monoisotopic (exact) mass is 549 g/mol. The molecule has 1 saturated carbocycles. The highest BCUT2D eigenvalue weighted by molar-refractivity contribution is 7.59. The number of nitriles is 1. The lowest BCUT2D eigenvalue weighted by atomic mass is 9.80. The summed E-state index contributed by atoms with van der Waals surface area (Å²) < 4.78 is 21.3. The van der Waals surface area contributed by atoms with Gasteiger partial charge in [0.2, 0.25) is 0 Å². The molecule has 0 amide bonds. The van der Waals surface area contributed by atoms with Crippen molar-refractivity contribution in [1.29, 1.82) is 5.26 Å². The normalized spacial score (nSPS) is 16.7. The van der Waals surface area contributed by atoms with Crippen LogP contribution < -0.4 is 4.74 Å². The molecule has 2 aliphatic carbocycles. The molecule has 2 aliphatic rings. The van der Waals surface area contributed by atoms with E-state index in [2.05, 4.69) is 26.0 Å². The van der Waals surface area contributed by atoms with Crippen molar-refractivity contribution >= 4 is 36.4 Å². The molecule has 0 bridgehead atoms. The van der Waals surface area contributed by atoms with Gasteiger partial charge in [0.15, 0.2) is 0 Å². The highest BCUT2D eigenvalue weighted by Gasteiger charge is 2.34. The number of rotatable bonds is 9. The van der Waals surface area contributed by atoms with Crippen LogP contribution in [0.5, 0.6) is 5.75 Å². The topological polar surface area (TPSA) is 70.3 Å². The molecule has 5 rings (SSSR count). The first-order valence-electron chi connectivity index (χ1n) is 12.7. The zero-order chi connectivity index (χ0) is 26.2. The van der Waals surface area contributed by atoms with Crippen LogP contribution in [-0.4, -0.2) is 11.1 Å². The first kappa shape index (κ1) is 27.9. The second-order valence-corrected chi connectivity index (χ2v) is 11.6. The Hall–Kier alpha value is -3.08. The maximum Gasteiger partial charge on any atom is 0.303 e. The van der Waals surface area contributed by atoms with Crippen molar-refractivity contribution in [2.75, 3.05) is 0 Å². The molecule has 38 heavy (non-hydrogen) atoms. The van der Waals surface area contributed by atoms with Crippen molar-refractivity contribution in [3.63, 3.8) is 0 Å². The number of benzene rings is 2. The standard InChI is InChI=1S/C31H30FNO3S.H2S/c1-31(2)12-4-7-26(31)29-22(18-37-30(29)25-13-19(16-33)8-11-27(25)32)17-36-23-6-3-5-21(14-23)24(15-28(34)35)20-9-10-20;/h3,5-8,11,13-14,18,20,24H,4,9-10,12,15,17H2,1-2H3,(H,34,35);1H2/t24-;/m1./s1. The maximum atomic E-state index is 15.0. The zero-order valence-corrected chi connectivity index (χ0v) is 23.4. The van der Waals surface area contributed by atoms with Gasteiger partial charge in [-0.2, -0.15) is 18.8 Å². The quantitative estimate of drug-likeness (QED) is 0.291. The third-order valence-corrected chi connectivity index (χ3v) is 8.65. The largest absolute Gasteiger partial charge is 0.489 e. The van der Waals surface area contributed by atoms with Gasteiger partial charge in [-0.3, -0.25) is 4.79 Å². The van der Waals surface area contributed by atoms with Crippen LogP contribution in [0.4, 0.5) is 4.39 Å². The Morgan fingerprint density at radius 1 is 1.26 bits per heavy atom.